The largest absolute Gasteiger partial charge is 0.444 e. The van der Waals surface area contributed by atoms with Gasteiger partial charge in [0.25, 0.3) is 0 Å². The first-order valence-electron chi connectivity index (χ1n) is 6.69. The highest BCUT2D eigenvalue weighted by atomic mass is 16.6. The van der Waals surface area contributed by atoms with Crippen LogP contribution in [0.5, 0.6) is 5.75 Å². The van der Waals surface area contributed by atoms with Gasteiger partial charge in [0.1, 0.15) is 17.4 Å². The van der Waals surface area contributed by atoms with Crippen molar-refractivity contribution in [2.45, 2.75) is 38.8 Å². The van der Waals surface area contributed by atoms with Crippen LogP contribution < -0.4 is 10.1 Å². The summed E-state index contributed by atoms with van der Waals surface area (Å²) in [5.74, 6) is -0.280. The number of esters is 1. The second-order valence-corrected chi connectivity index (χ2v) is 5.45. The van der Waals surface area contributed by atoms with E-state index in [4.69, 9.17) is 14.6 Å². The number of aliphatic hydroxyl groups excluding tert-OH is 1. The highest BCUT2D eigenvalue weighted by Crippen LogP contribution is 2.11. The Hall–Kier alpha value is -2.08. The van der Waals surface area contributed by atoms with E-state index in [0.29, 0.717) is 5.75 Å². The van der Waals surface area contributed by atoms with Crippen molar-refractivity contribution in [2.24, 2.45) is 0 Å². The van der Waals surface area contributed by atoms with Gasteiger partial charge in [-0.25, -0.2) is 9.59 Å². The number of benzene rings is 1. The third-order valence-electron chi connectivity index (χ3n) is 2.35. The summed E-state index contributed by atoms with van der Waals surface area (Å²) in [5.41, 5.74) is -0.669. The summed E-state index contributed by atoms with van der Waals surface area (Å²) in [5, 5.41) is 11.4. The molecule has 1 amide bonds. The topological polar surface area (TPSA) is 84.9 Å². The molecule has 0 unspecified atom stereocenters. The number of carbonyl (C=O) groups excluding carboxylic acids is 2. The van der Waals surface area contributed by atoms with Crippen LogP contribution in [0, 0.1) is 0 Å². The summed E-state index contributed by atoms with van der Waals surface area (Å²) in [4.78, 5) is 23.7. The number of ether oxygens (including phenoxy) is 2. The Bertz CT molecular complexity index is 467. The van der Waals surface area contributed by atoms with Gasteiger partial charge >= 0.3 is 12.1 Å². The molecule has 0 saturated carbocycles. The van der Waals surface area contributed by atoms with Crippen LogP contribution in [0.15, 0.2) is 30.3 Å². The number of alkyl carbamates (subject to hydrolysis) is 1. The summed E-state index contributed by atoms with van der Waals surface area (Å²) in [6.45, 7) is 4.89. The fourth-order valence-electron chi connectivity index (χ4n) is 1.50. The maximum Gasteiger partial charge on any atom is 0.408 e. The van der Waals surface area contributed by atoms with Crippen molar-refractivity contribution in [1.29, 1.82) is 0 Å². The van der Waals surface area contributed by atoms with Gasteiger partial charge in [-0.15, -0.1) is 0 Å². The Balaban J connectivity index is 2.63. The van der Waals surface area contributed by atoms with E-state index in [2.05, 4.69) is 5.32 Å². The molecule has 1 rings (SSSR count). The van der Waals surface area contributed by atoms with Crippen molar-refractivity contribution in [3.05, 3.63) is 30.3 Å². The fourth-order valence-corrected chi connectivity index (χ4v) is 1.50. The van der Waals surface area contributed by atoms with E-state index in [-0.39, 0.29) is 13.0 Å². The number of carbonyl (C=O) groups is 2. The minimum absolute atomic E-state index is 0.0465. The second-order valence-electron chi connectivity index (χ2n) is 5.45. The van der Waals surface area contributed by atoms with E-state index in [0.717, 1.165) is 0 Å². The number of para-hydroxylation sites is 1. The number of nitrogens with one attached hydrogen (secondary N) is 1. The van der Waals surface area contributed by atoms with E-state index < -0.39 is 23.7 Å². The molecule has 116 valence electrons. The molecule has 0 bridgehead atoms. The lowest BCUT2D eigenvalue weighted by atomic mass is 10.2. The quantitative estimate of drug-likeness (QED) is 0.640. The Morgan fingerprint density at radius 3 is 2.38 bits per heavy atom. The van der Waals surface area contributed by atoms with Gasteiger partial charge in [0.15, 0.2) is 0 Å². The Morgan fingerprint density at radius 2 is 1.86 bits per heavy atom. The molecule has 6 nitrogen and oxygen atoms in total. The standard InChI is InChI=1S/C15H21NO5/c1-15(2,3)21-14(19)16-12(9-10-17)13(18)20-11-7-5-4-6-8-11/h4-8,12,17H,9-10H2,1-3H3,(H,16,19)/t12-/m0/s1. The summed E-state index contributed by atoms with van der Waals surface area (Å²) in [6, 6.07) is 7.53. The number of hydrogen-bond acceptors (Lipinski definition) is 5. The number of hydrogen-bond donors (Lipinski definition) is 2. The van der Waals surface area contributed by atoms with Gasteiger partial charge in [-0.2, -0.15) is 0 Å². The molecule has 0 radical (unpaired) electrons. The summed E-state index contributed by atoms with van der Waals surface area (Å²) in [7, 11) is 0. The molecule has 0 fully saturated rings. The highest BCUT2D eigenvalue weighted by Gasteiger charge is 2.25. The summed E-state index contributed by atoms with van der Waals surface area (Å²) in [6.07, 6.45) is -0.684. The Morgan fingerprint density at radius 1 is 1.24 bits per heavy atom. The van der Waals surface area contributed by atoms with E-state index in [9.17, 15) is 9.59 Å². The first-order valence-corrected chi connectivity index (χ1v) is 6.69. The van der Waals surface area contributed by atoms with Crippen molar-refractivity contribution in [2.75, 3.05) is 6.61 Å². The van der Waals surface area contributed by atoms with Crippen molar-refractivity contribution >= 4 is 12.1 Å². The molecule has 0 spiro atoms. The Kier molecular flexibility index (Phi) is 6.17. The lowest BCUT2D eigenvalue weighted by molar-refractivity contribution is -0.137. The molecule has 0 aromatic heterocycles. The van der Waals surface area contributed by atoms with Crippen LogP contribution in [0.2, 0.25) is 0 Å². The molecule has 21 heavy (non-hydrogen) atoms. The predicted octanol–water partition coefficient (Wildman–Crippen LogP) is 1.87. The predicted molar refractivity (Wildman–Crippen MR) is 76.9 cm³/mol. The molecular weight excluding hydrogens is 274 g/mol. The highest BCUT2D eigenvalue weighted by molar-refractivity contribution is 5.83. The van der Waals surface area contributed by atoms with Crippen molar-refractivity contribution in [3.8, 4) is 5.75 Å². The molecule has 0 aliphatic carbocycles. The number of amides is 1. The van der Waals surface area contributed by atoms with Gasteiger partial charge in [0.05, 0.1) is 0 Å². The molecule has 6 heteroatoms. The van der Waals surface area contributed by atoms with E-state index >= 15 is 0 Å². The fraction of sp³-hybridized carbons (Fsp3) is 0.467. The third kappa shape index (κ3) is 6.76. The van der Waals surface area contributed by atoms with Crippen LogP contribution in [0.4, 0.5) is 4.79 Å². The maximum absolute atomic E-state index is 12.0. The third-order valence-corrected chi connectivity index (χ3v) is 2.35. The van der Waals surface area contributed by atoms with Crippen molar-refractivity contribution in [3.63, 3.8) is 0 Å². The smallest absolute Gasteiger partial charge is 0.408 e. The van der Waals surface area contributed by atoms with Crippen LogP contribution in [0.1, 0.15) is 27.2 Å². The van der Waals surface area contributed by atoms with Gasteiger partial charge in [-0.3, -0.25) is 0 Å². The van der Waals surface area contributed by atoms with Gasteiger partial charge in [0, 0.05) is 13.0 Å². The van der Waals surface area contributed by atoms with Gasteiger partial charge < -0.3 is 19.9 Å². The lowest BCUT2D eigenvalue weighted by Crippen LogP contribution is -2.45. The summed E-state index contributed by atoms with van der Waals surface area (Å²) >= 11 is 0. The molecule has 1 aromatic rings. The van der Waals surface area contributed by atoms with Crippen LogP contribution in [-0.2, 0) is 9.53 Å². The molecule has 0 heterocycles. The molecule has 0 saturated heterocycles. The molecule has 1 aromatic carbocycles. The van der Waals surface area contributed by atoms with Crippen molar-refractivity contribution in [1.82, 2.24) is 5.32 Å². The SMILES string of the molecule is CC(C)(C)OC(=O)N[C@@H](CCO)C(=O)Oc1ccccc1. The van der Waals surface area contributed by atoms with Crippen LogP contribution in [-0.4, -0.2) is 35.4 Å². The zero-order valence-electron chi connectivity index (χ0n) is 12.5. The molecular formula is C15H21NO5. The molecule has 0 aliphatic rings. The zero-order chi connectivity index (χ0) is 15.9. The summed E-state index contributed by atoms with van der Waals surface area (Å²) < 4.78 is 10.2. The average Bonchev–Trinajstić information content (AvgIpc) is 2.37. The number of rotatable bonds is 5. The normalized spacial score (nSPS) is 12.4. The van der Waals surface area contributed by atoms with Crippen LogP contribution in [0.25, 0.3) is 0 Å². The maximum atomic E-state index is 12.0. The average molecular weight is 295 g/mol. The molecule has 0 aliphatic heterocycles. The van der Waals surface area contributed by atoms with Crippen molar-refractivity contribution < 1.29 is 24.2 Å². The van der Waals surface area contributed by atoms with Gasteiger partial charge in [0.2, 0.25) is 0 Å². The van der Waals surface area contributed by atoms with E-state index in [1.54, 1.807) is 51.1 Å². The van der Waals surface area contributed by atoms with E-state index in [1.807, 2.05) is 0 Å². The minimum atomic E-state index is -0.968. The second kappa shape index (κ2) is 7.64. The first-order chi connectivity index (χ1) is 9.81. The monoisotopic (exact) mass is 295 g/mol. The van der Waals surface area contributed by atoms with Crippen LogP contribution in [0.3, 0.4) is 0 Å². The molecule has 2 N–H and O–H groups in total. The zero-order valence-corrected chi connectivity index (χ0v) is 12.5. The minimum Gasteiger partial charge on any atom is -0.444 e. The number of aliphatic hydroxyl groups is 1. The first kappa shape index (κ1) is 17.0. The van der Waals surface area contributed by atoms with Gasteiger partial charge in [-0.1, -0.05) is 18.2 Å². The Labute approximate surface area is 124 Å². The lowest BCUT2D eigenvalue weighted by Gasteiger charge is -2.22. The van der Waals surface area contributed by atoms with Gasteiger partial charge in [-0.05, 0) is 32.9 Å². The van der Waals surface area contributed by atoms with E-state index in [1.165, 1.54) is 0 Å². The van der Waals surface area contributed by atoms with Crippen LogP contribution >= 0.6 is 0 Å². The molecule has 1 atom stereocenters.